The SMILES string of the molecule is CCOC(=O)c1cnc(C(C)CC)nc1C(F)F. The number of rotatable bonds is 5. The van der Waals surface area contributed by atoms with Gasteiger partial charge in [-0.15, -0.1) is 0 Å². The molecule has 0 saturated carbocycles. The summed E-state index contributed by atoms with van der Waals surface area (Å²) in [7, 11) is 0. The van der Waals surface area contributed by atoms with E-state index in [0.29, 0.717) is 5.82 Å². The number of hydrogen-bond acceptors (Lipinski definition) is 4. The maximum atomic E-state index is 12.9. The molecule has 1 atom stereocenters. The van der Waals surface area contributed by atoms with E-state index < -0.39 is 18.1 Å². The highest BCUT2D eigenvalue weighted by Crippen LogP contribution is 2.23. The van der Waals surface area contributed by atoms with Crippen molar-refractivity contribution in [1.82, 2.24) is 9.97 Å². The molecule has 0 N–H and O–H groups in total. The molecular formula is C12H16F2N2O2. The van der Waals surface area contributed by atoms with Crippen LogP contribution in [0.25, 0.3) is 0 Å². The number of aromatic nitrogens is 2. The summed E-state index contributed by atoms with van der Waals surface area (Å²) in [6.07, 6.45) is -0.967. The Morgan fingerprint density at radius 3 is 2.61 bits per heavy atom. The zero-order valence-electron chi connectivity index (χ0n) is 10.6. The highest BCUT2D eigenvalue weighted by molar-refractivity contribution is 5.90. The van der Waals surface area contributed by atoms with E-state index >= 15 is 0 Å². The van der Waals surface area contributed by atoms with E-state index in [-0.39, 0.29) is 18.1 Å². The Hall–Kier alpha value is -1.59. The first-order chi connectivity index (χ1) is 8.51. The maximum Gasteiger partial charge on any atom is 0.341 e. The van der Waals surface area contributed by atoms with Crippen LogP contribution in [0.2, 0.25) is 0 Å². The Balaban J connectivity index is 3.16. The molecule has 18 heavy (non-hydrogen) atoms. The summed E-state index contributed by atoms with van der Waals surface area (Å²) in [5.74, 6) is -0.525. The molecular weight excluding hydrogens is 242 g/mol. The standard InChI is InChI=1S/C12H16F2N2O2/c1-4-7(3)11-15-6-8(12(17)18-5-2)9(16-11)10(13)14/h6-7,10H,4-5H2,1-3H3. The van der Waals surface area contributed by atoms with Crippen molar-refractivity contribution in [1.29, 1.82) is 0 Å². The van der Waals surface area contributed by atoms with Crippen LogP contribution in [0.15, 0.2) is 6.20 Å². The number of nitrogens with zero attached hydrogens (tertiary/aromatic N) is 2. The Morgan fingerprint density at radius 1 is 1.44 bits per heavy atom. The predicted molar refractivity (Wildman–Crippen MR) is 61.7 cm³/mol. The minimum Gasteiger partial charge on any atom is -0.462 e. The summed E-state index contributed by atoms with van der Waals surface area (Å²) in [6.45, 7) is 5.48. The quantitative estimate of drug-likeness (QED) is 0.761. The van der Waals surface area contributed by atoms with E-state index in [4.69, 9.17) is 4.74 Å². The van der Waals surface area contributed by atoms with Gasteiger partial charge in [-0.1, -0.05) is 13.8 Å². The van der Waals surface area contributed by atoms with Gasteiger partial charge in [-0.05, 0) is 13.3 Å². The lowest BCUT2D eigenvalue weighted by Crippen LogP contribution is -2.13. The van der Waals surface area contributed by atoms with Gasteiger partial charge in [0, 0.05) is 12.1 Å². The van der Waals surface area contributed by atoms with E-state index in [2.05, 4.69) is 9.97 Å². The van der Waals surface area contributed by atoms with Gasteiger partial charge in [-0.25, -0.2) is 23.5 Å². The lowest BCUT2D eigenvalue weighted by molar-refractivity contribution is 0.0512. The Labute approximate surface area is 104 Å². The summed E-state index contributed by atoms with van der Waals surface area (Å²) >= 11 is 0. The molecule has 0 bridgehead atoms. The predicted octanol–water partition coefficient (Wildman–Crippen LogP) is 3.10. The zero-order chi connectivity index (χ0) is 13.7. The third-order valence-electron chi connectivity index (χ3n) is 2.59. The first-order valence-electron chi connectivity index (χ1n) is 5.83. The summed E-state index contributed by atoms with van der Waals surface area (Å²) in [4.78, 5) is 19.2. The van der Waals surface area contributed by atoms with E-state index in [0.717, 1.165) is 12.6 Å². The molecule has 1 heterocycles. The van der Waals surface area contributed by atoms with Crippen molar-refractivity contribution in [3.63, 3.8) is 0 Å². The first-order valence-corrected chi connectivity index (χ1v) is 5.83. The molecule has 0 aromatic carbocycles. The van der Waals surface area contributed by atoms with Gasteiger partial charge < -0.3 is 4.74 Å². The smallest absolute Gasteiger partial charge is 0.341 e. The van der Waals surface area contributed by atoms with Crippen molar-refractivity contribution in [2.24, 2.45) is 0 Å². The third-order valence-corrected chi connectivity index (χ3v) is 2.59. The molecule has 0 aliphatic carbocycles. The molecule has 1 unspecified atom stereocenters. The van der Waals surface area contributed by atoms with Gasteiger partial charge in [0.1, 0.15) is 17.1 Å². The lowest BCUT2D eigenvalue weighted by atomic mass is 10.1. The average Bonchev–Trinajstić information content (AvgIpc) is 2.37. The van der Waals surface area contributed by atoms with Crippen LogP contribution in [0.5, 0.6) is 0 Å². The van der Waals surface area contributed by atoms with Crippen LogP contribution in [0, 0.1) is 0 Å². The minimum absolute atomic E-state index is 0.0289. The number of carbonyl (C=O) groups is 1. The molecule has 0 aliphatic heterocycles. The van der Waals surface area contributed by atoms with E-state index in [1.165, 1.54) is 0 Å². The average molecular weight is 258 g/mol. The fraction of sp³-hybridized carbons (Fsp3) is 0.583. The molecule has 0 amide bonds. The second-order valence-electron chi connectivity index (χ2n) is 3.86. The number of ether oxygens (including phenoxy) is 1. The van der Waals surface area contributed by atoms with Crippen LogP contribution in [-0.4, -0.2) is 22.5 Å². The van der Waals surface area contributed by atoms with Crippen molar-refractivity contribution in [2.45, 2.75) is 39.5 Å². The first kappa shape index (κ1) is 14.5. The normalized spacial score (nSPS) is 12.6. The molecule has 0 spiro atoms. The number of alkyl halides is 2. The lowest BCUT2D eigenvalue weighted by Gasteiger charge is -2.11. The molecule has 1 rings (SSSR count). The van der Waals surface area contributed by atoms with Crippen LogP contribution in [0.1, 0.15) is 61.4 Å². The Kier molecular flexibility index (Phi) is 5.12. The fourth-order valence-electron chi connectivity index (χ4n) is 1.36. The maximum absolute atomic E-state index is 12.9. The van der Waals surface area contributed by atoms with Crippen LogP contribution < -0.4 is 0 Å². The molecule has 6 heteroatoms. The van der Waals surface area contributed by atoms with Crippen LogP contribution >= 0.6 is 0 Å². The summed E-state index contributed by atoms with van der Waals surface area (Å²) < 4.78 is 30.4. The van der Waals surface area contributed by atoms with Crippen molar-refractivity contribution in [3.05, 3.63) is 23.3 Å². The van der Waals surface area contributed by atoms with Gasteiger partial charge in [0.05, 0.1) is 6.61 Å². The van der Waals surface area contributed by atoms with Gasteiger partial charge in [0.25, 0.3) is 6.43 Å². The van der Waals surface area contributed by atoms with Gasteiger partial charge in [-0.3, -0.25) is 0 Å². The number of esters is 1. The van der Waals surface area contributed by atoms with Gasteiger partial charge in [0.2, 0.25) is 0 Å². The summed E-state index contributed by atoms with van der Waals surface area (Å²) in [5.41, 5.74) is -0.822. The van der Waals surface area contributed by atoms with Crippen LogP contribution in [0.3, 0.4) is 0 Å². The number of carbonyl (C=O) groups excluding carboxylic acids is 1. The summed E-state index contributed by atoms with van der Waals surface area (Å²) in [6, 6.07) is 0. The molecule has 100 valence electrons. The molecule has 0 aliphatic rings. The fourth-order valence-corrected chi connectivity index (χ4v) is 1.36. The topological polar surface area (TPSA) is 52.1 Å². The highest BCUT2D eigenvalue weighted by atomic mass is 19.3. The van der Waals surface area contributed by atoms with Crippen LogP contribution in [-0.2, 0) is 4.74 Å². The summed E-state index contributed by atoms with van der Waals surface area (Å²) in [5, 5.41) is 0. The Bertz CT molecular complexity index is 425. The number of hydrogen-bond donors (Lipinski definition) is 0. The van der Waals surface area contributed by atoms with Crippen molar-refractivity contribution < 1.29 is 18.3 Å². The van der Waals surface area contributed by atoms with Gasteiger partial charge in [-0.2, -0.15) is 0 Å². The monoisotopic (exact) mass is 258 g/mol. The van der Waals surface area contributed by atoms with E-state index in [1.54, 1.807) is 6.92 Å². The number of halogens is 2. The van der Waals surface area contributed by atoms with Crippen molar-refractivity contribution in [3.8, 4) is 0 Å². The Morgan fingerprint density at radius 2 is 2.11 bits per heavy atom. The molecule has 0 radical (unpaired) electrons. The molecule has 0 fully saturated rings. The second kappa shape index (κ2) is 6.37. The van der Waals surface area contributed by atoms with E-state index in [9.17, 15) is 13.6 Å². The molecule has 0 saturated heterocycles. The van der Waals surface area contributed by atoms with Gasteiger partial charge in [0.15, 0.2) is 0 Å². The minimum atomic E-state index is -2.82. The second-order valence-corrected chi connectivity index (χ2v) is 3.86. The largest absolute Gasteiger partial charge is 0.462 e. The van der Waals surface area contributed by atoms with Crippen molar-refractivity contribution in [2.75, 3.05) is 6.61 Å². The third kappa shape index (κ3) is 3.21. The van der Waals surface area contributed by atoms with Crippen LogP contribution in [0.4, 0.5) is 8.78 Å². The van der Waals surface area contributed by atoms with Crippen molar-refractivity contribution >= 4 is 5.97 Å². The molecule has 1 aromatic heterocycles. The highest BCUT2D eigenvalue weighted by Gasteiger charge is 2.23. The van der Waals surface area contributed by atoms with Gasteiger partial charge >= 0.3 is 5.97 Å². The molecule has 1 aromatic rings. The molecule has 4 nitrogen and oxygen atoms in total. The van der Waals surface area contributed by atoms with E-state index in [1.807, 2.05) is 13.8 Å². The zero-order valence-corrected chi connectivity index (χ0v) is 10.6.